The van der Waals surface area contributed by atoms with Crippen LogP contribution in [0.2, 0.25) is 5.02 Å². The second kappa shape index (κ2) is 10.7. The van der Waals surface area contributed by atoms with Crippen LogP contribution in [0.4, 0.5) is 0 Å². The lowest BCUT2D eigenvalue weighted by molar-refractivity contribution is 0.0954. The summed E-state index contributed by atoms with van der Waals surface area (Å²) in [5.74, 6) is 1.15. The van der Waals surface area contributed by atoms with Gasteiger partial charge in [-0.25, -0.2) is 0 Å². The Kier molecular flexibility index (Phi) is 8.56. The Balaban J connectivity index is 0.00000280. The van der Waals surface area contributed by atoms with E-state index in [-0.39, 0.29) is 29.9 Å². The van der Waals surface area contributed by atoms with E-state index >= 15 is 0 Å². The Morgan fingerprint density at radius 3 is 2.75 bits per heavy atom. The topological polar surface area (TPSA) is 74.6 Å². The molecule has 9 heteroatoms. The van der Waals surface area contributed by atoms with E-state index in [1.807, 2.05) is 17.9 Å². The predicted octanol–water partition coefficient (Wildman–Crippen LogP) is 2.49. The third-order valence-electron chi connectivity index (χ3n) is 4.71. The van der Waals surface area contributed by atoms with Gasteiger partial charge in [0.25, 0.3) is 5.91 Å². The monoisotopic (exact) mass is 516 g/mol. The maximum atomic E-state index is 12.2. The number of nitrogens with one attached hydrogen (secondary N) is 2. The summed E-state index contributed by atoms with van der Waals surface area (Å²) in [4.78, 5) is 18.8. The number of amides is 1. The van der Waals surface area contributed by atoms with Crippen molar-refractivity contribution in [2.24, 2.45) is 12.0 Å². The SMILES string of the molecule is CN=C(NCCNC(=O)c1ccccc1Cl)N1CCC(c2cnn(C)c2)C1.I. The van der Waals surface area contributed by atoms with Crippen molar-refractivity contribution in [1.29, 1.82) is 0 Å². The van der Waals surface area contributed by atoms with Crippen LogP contribution in [0.15, 0.2) is 41.7 Å². The van der Waals surface area contributed by atoms with E-state index in [1.165, 1.54) is 5.56 Å². The van der Waals surface area contributed by atoms with E-state index < -0.39 is 0 Å². The third kappa shape index (κ3) is 5.60. The van der Waals surface area contributed by atoms with Crippen molar-refractivity contribution >= 4 is 47.4 Å². The number of aliphatic imine (C=N–C) groups is 1. The molecule has 1 aliphatic heterocycles. The number of carbonyl (C=O) groups is 1. The molecule has 1 aromatic heterocycles. The van der Waals surface area contributed by atoms with Gasteiger partial charge in [0.1, 0.15) is 0 Å². The molecule has 1 fully saturated rings. The largest absolute Gasteiger partial charge is 0.354 e. The molecule has 0 aliphatic carbocycles. The summed E-state index contributed by atoms with van der Waals surface area (Å²) in [5.41, 5.74) is 1.75. The number of rotatable bonds is 5. The normalized spacial score (nSPS) is 16.6. The molecule has 1 saturated heterocycles. The number of halogens is 2. The Morgan fingerprint density at radius 2 is 2.07 bits per heavy atom. The minimum Gasteiger partial charge on any atom is -0.354 e. The van der Waals surface area contributed by atoms with Gasteiger partial charge in [-0.15, -0.1) is 24.0 Å². The first-order chi connectivity index (χ1) is 13.1. The lowest BCUT2D eigenvalue weighted by atomic mass is 10.0. The van der Waals surface area contributed by atoms with E-state index in [2.05, 4.69) is 31.8 Å². The van der Waals surface area contributed by atoms with Crippen LogP contribution in [0.3, 0.4) is 0 Å². The van der Waals surface area contributed by atoms with Gasteiger partial charge in [0.15, 0.2) is 5.96 Å². The van der Waals surface area contributed by atoms with Crippen molar-refractivity contribution in [2.75, 3.05) is 33.2 Å². The van der Waals surface area contributed by atoms with Gasteiger partial charge in [0, 0.05) is 52.4 Å². The smallest absolute Gasteiger partial charge is 0.252 e. The van der Waals surface area contributed by atoms with Crippen LogP contribution in [-0.2, 0) is 7.05 Å². The van der Waals surface area contributed by atoms with Gasteiger partial charge < -0.3 is 15.5 Å². The first-order valence-corrected chi connectivity index (χ1v) is 9.43. The van der Waals surface area contributed by atoms with Crippen molar-refractivity contribution in [3.8, 4) is 0 Å². The molecule has 2 heterocycles. The molecule has 28 heavy (non-hydrogen) atoms. The first-order valence-electron chi connectivity index (χ1n) is 9.05. The van der Waals surface area contributed by atoms with Crippen LogP contribution in [0.5, 0.6) is 0 Å². The van der Waals surface area contributed by atoms with Crippen molar-refractivity contribution in [3.05, 3.63) is 52.8 Å². The fourth-order valence-electron chi connectivity index (χ4n) is 3.30. The molecule has 0 spiro atoms. The number of nitrogens with zero attached hydrogens (tertiary/aromatic N) is 4. The lowest BCUT2D eigenvalue weighted by Gasteiger charge is -2.21. The molecule has 0 saturated carbocycles. The molecule has 1 atom stereocenters. The summed E-state index contributed by atoms with van der Waals surface area (Å²) in [6, 6.07) is 7.03. The molecule has 2 N–H and O–H groups in total. The zero-order valence-electron chi connectivity index (χ0n) is 16.1. The standard InChI is InChI=1S/C19H25ClN6O.HI/c1-21-19(26-10-7-14(13-26)15-11-24-25(2)12-15)23-9-8-22-18(27)16-5-3-4-6-17(16)20;/h3-6,11-12,14H,7-10,13H2,1-2H3,(H,21,23)(H,22,27);1H. The van der Waals surface area contributed by atoms with Gasteiger partial charge in [-0.3, -0.25) is 14.5 Å². The second-order valence-corrected chi connectivity index (χ2v) is 7.00. The van der Waals surface area contributed by atoms with Gasteiger partial charge in [-0.05, 0) is 24.1 Å². The Hall–Kier alpha value is -1.81. The van der Waals surface area contributed by atoms with Crippen LogP contribution in [0.25, 0.3) is 0 Å². The highest BCUT2D eigenvalue weighted by Gasteiger charge is 2.26. The maximum Gasteiger partial charge on any atom is 0.252 e. The summed E-state index contributed by atoms with van der Waals surface area (Å²) in [6.45, 7) is 2.95. The molecule has 3 rings (SSSR count). The van der Waals surface area contributed by atoms with E-state index in [4.69, 9.17) is 11.6 Å². The predicted molar refractivity (Wildman–Crippen MR) is 123 cm³/mol. The summed E-state index contributed by atoms with van der Waals surface area (Å²) < 4.78 is 1.84. The zero-order chi connectivity index (χ0) is 19.2. The number of aryl methyl sites for hydroxylation is 1. The minimum absolute atomic E-state index is 0. The van der Waals surface area contributed by atoms with Gasteiger partial charge in [0.2, 0.25) is 0 Å². The van der Waals surface area contributed by atoms with Crippen LogP contribution in [0, 0.1) is 0 Å². The number of carbonyl (C=O) groups excluding carboxylic acids is 1. The zero-order valence-corrected chi connectivity index (χ0v) is 19.1. The molecular formula is C19H26ClIN6O. The molecule has 7 nitrogen and oxygen atoms in total. The molecular weight excluding hydrogens is 491 g/mol. The summed E-state index contributed by atoms with van der Waals surface area (Å²) in [6.07, 6.45) is 5.10. The second-order valence-electron chi connectivity index (χ2n) is 6.59. The van der Waals surface area contributed by atoms with Crippen LogP contribution in [0.1, 0.15) is 28.3 Å². The quantitative estimate of drug-likeness (QED) is 0.277. The van der Waals surface area contributed by atoms with E-state index in [0.29, 0.717) is 29.6 Å². The Labute approximate surface area is 187 Å². The lowest BCUT2D eigenvalue weighted by Crippen LogP contribution is -2.43. The number of guanidine groups is 1. The van der Waals surface area contributed by atoms with Crippen LogP contribution in [-0.4, -0.2) is 59.8 Å². The van der Waals surface area contributed by atoms with Crippen molar-refractivity contribution in [3.63, 3.8) is 0 Å². The van der Waals surface area contributed by atoms with E-state index in [0.717, 1.165) is 25.5 Å². The summed E-state index contributed by atoms with van der Waals surface area (Å²) in [5, 5.41) is 10.9. The molecule has 1 aliphatic rings. The Morgan fingerprint density at radius 1 is 1.32 bits per heavy atom. The summed E-state index contributed by atoms with van der Waals surface area (Å²) in [7, 11) is 3.72. The fourth-order valence-corrected chi connectivity index (χ4v) is 3.52. The van der Waals surface area contributed by atoms with Gasteiger partial charge >= 0.3 is 0 Å². The third-order valence-corrected chi connectivity index (χ3v) is 5.04. The van der Waals surface area contributed by atoms with Crippen LogP contribution < -0.4 is 10.6 Å². The van der Waals surface area contributed by atoms with Crippen molar-refractivity contribution in [1.82, 2.24) is 25.3 Å². The van der Waals surface area contributed by atoms with E-state index in [9.17, 15) is 4.79 Å². The molecule has 1 amide bonds. The highest BCUT2D eigenvalue weighted by molar-refractivity contribution is 14.0. The molecule has 1 aromatic carbocycles. The van der Waals surface area contributed by atoms with E-state index in [1.54, 1.807) is 31.3 Å². The molecule has 0 radical (unpaired) electrons. The van der Waals surface area contributed by atoms with Gasteiger partial charge in [0.05, 0.1) is 16.8 Å². The molecule has 2 aromatic rings. The van der Waals surface area contributed by atoms with Crippen molar-refractivity contribution in [2.45, 2.75) is 12.3 Å². The minimum atomic E-state index is -0.171. The molecule has 152 valence electrons. The van der Waals surface area contributed by atoms with Crippen molar-refractivity contribution < 1.29 is 4.79 Å². The van der Waals surface area contributed by atoms with Gasteiger partial charge in [-0.1, -0.05) is 23.7 Å². The Bertz CT molecular complexity index is 824. The van der Waals surface area contributed by atoms with Gasteiger partial charge in [-0.2, -0.15) is 5.10 Å². The average Bonchev–Trinajstić information content (AvgIpc) is 3.31. The number of hydrogen-bond acceptors (Lipinski definition) is 3. The maximum absolute atomic E-state index is 12.2. The number of hydrogen-bond donors (Lipinski definition) is 2. The fraction of sp³-hybridized carbons (Fsp3) is 0.421. The highest BCUT2D eigenvalue weighted by atomic mass is 127. The number of aromatic nitrogens is 2. The number of likely N-dealkylation sites (tertiary alicyclic amines) is 1. The molecule has 1 unspecified atom stereocenters. The number of benzene rings is 1. The van der Waals surface area contributed by atoms with Crippen LogP contribution >= 0.6 is 35.6 Å². The highest BCUT2D eigenvalue weighted by Crippen LogP contribution is 2.26. The first kappa shape index (κ1) is 22.5. The summed E-state index contributed by atoms with van der Waals surface area (Å²) >= 11 is 6.05. The average molecular weight is 517 g/mol. The molecule has 0 bridgehead atoms.